The summed E-state index contributed by atoms with van der Waals surface area (Å²) in [5, 5.41) is 3.95. The van der Waals surface area contributed by atoms with Crippen LogP contribution in [0.2, 0.25) is 18.1 Å². The van der Waals surface area contributed by atoms with Gasteiger partial charge < -0.3 is 14.5 Å². The largest absolute Gasteiger partial charge is 0.415 e. The maximum atomic E-state index is 6.26. The van der Waals surface area contributed by atoms with Crippen LogP contribution in [-0.4, -0.2) is 39.7 Å². The van der Waals surface area contributed by atoms with Gasteiger partial charge in [0.2, 0.25) is 0 Å². The summed E-state index contributed by atoms with van der Waals surface area (Å²) in [5.74, 6) is 0. The summed E-state index contributed by atoms with van der Waals surface area (Å²) in [6.07, 6.45) is 2.74. The Morgan fingerprint density at radius 3 is 2.65 bits per heavy atom. The Balaban J connectivity index is 1.80. The number of hydrogen-bond donors (Lipinski definition) is 1. The van der Waals surface area contributed by atoms with E-state index < -0.39 is 8.32 Å². The molecular weight excluding hydrogens is 230 g/mol. The van der Waals surface area contributed by atoms with Crippen LogP contribution in [-0.2, 0) is 9.16 Å². The van der Waals surface area contributed by atoms with Crippen molar-refractivity contribution in [2.24, 2.45) is 0 Å². The summed E-state index contributed by atoms with van der Waals surface area (Å²) in [5.41, 5.74) is 0. The van der Waals surface area contributed by atoms with E-state index in [1.54, 1.807) is 0 Å². The van der Waals surface area contributed by atoms with Gasteiger partial charge in [-0.3, -0.25) is 0 Å². The van der Waals surface area contributed by atoms with Gasteiger partial charge in [0.05, 0.1) is 6.10 Å². The highest BCUT2D eigenvalue weighted by molar-refractivity contribution is 6.74. The smallest absolute Gasteiger partial charge is 0.192 e. The zero-order valence-corrected chi connectivity index (χ0v) is 12.9. The summed E-state index contributed by atoms with van der Waals surface area (Å²) in [6.45, 7) is 13.3. The van der Waals surface area contributed by atoms with Crippen LogP contribution in [0.1, 0.15) is 33.6 Å². The van der Waals surface area contributed by atoms with Crippen LogP contribution in [0, 0.1) is 0 Å². The average molecular weight is 257 g/mol. The predicted molar refractivity (Wildman–Crippen MR) is 72.8 cm³/mol. The van der Waals surface area contributed by atoms with Gasteiger partial charge in [-0.25, -0.2) is 0 Å². The lowest BCUT2D eigenvalue weighted by molar-refractivity contribution is 0.106. The molecule has 3 atom stereocenters. The first-order valence-corrected chi connectivity index (χ1v) is 9.72. The molecule has 0 aliphatic carbocycles. The number of ether oxygens (including phenoxy) is 1. The fraction of sp³-hybridized carbons (Fsp3) is 1.00. The minimum Gasteiger partial charge on any atom is -0.415 e. The number of hydrogen-bond acceptors (Lipinski definition) is 3. The zero-order chi connectivity index (χ0) is 12.7. The maximum absolute atomic E-state index is 6.26. The Morgan fingerprint density at radius 2 is 2.06 bits per heavy atom. The van der Waals surface area contributed by atoms with E-state index in [1.807, 2.05) is 0 Å². The van der Waals surface area contributed by atoms with E-state index in [1.165, 1.54) is 6.42 Å². The van der Waals surface area contributed by atoms with E-state index in [0.717, 1.165) is 19.6 Å². The fourth-order valence-electron chi connectivity index (χ4n) is 2.36. The molecule has 17 heavy (non-hydrogen) atoms. The Labute approximate surface area is 106 Å². The number of fused-ring (bicyclic) bond motifs is 1. The molecule has 2 heterocycles. The Morgan fingerprint density at radius 1 is 1.35 bits per heavy atom. The molecule has 2 rings (SSSR count). The van der Waals surface area contributed by atoms with Gasteiger partial charge in [0.1, 0.15) is 0 Å². The van der Waals surface area contributed by atoms with Gasteiger partial charge in [-0.05, 0) is 31.0 Å². The standard InChI is InChI=1S/C13H27NO2Si/c1-13(2,3)17(4,5)16-9-10-8-12-11(14-10)6-7-15-12/h10-12,14H,6-9H2,1-5H3/t10-,11-,12-/m0/s1. The molecule has 0 spiro atoms. The van der Waals surface area contributed by atoms with Crippen LogP contribution in [0.4, 0.5) is 0 Å². The Kier molecular flexibility index (Phi) is 3.70. The summed E-state index contributed by atoms with van der Waals surface area (Å²) >= 11 is 0. The second-order valence-electron chi connectivity index (χ2n) is 6.98. The molecule has 0 aromatic rings. The normalized spacial score (nSPS) is 34.1. The summed E-state index contributed by atoms with van der Waals surface area (Å²) in [4.78, 5) is 0. The molecule has 0 unspecified atom stereocenters. The molecule has 3 nitrogen and oxygen atoms in total. The van der Waals surface area contributed by atoms with Gasteiger partial charge in [-0.15, -0.1) is 0 Å². The van der Waals surface area contributed by atoms with E-state index in [2.05, 4.69) is 39.2 Å². The molecule has 4 heteroatoms. The molecule has 0 saturated carbocycles. The van der Waals surface area contributed by atoms with Crippen LogP contribution in [0.15, 0.2) is 0 Å². The third-order valence-corrected chi connectivity index (χ3v) is 9.13. The molecule has 0 aromatic carbocycles. The van der Waals surface area contributed by atoms with E-state index >= 15 is 0 Å². The van der Waals surface area contributed by atoms with Gasteiger partial charge in [0.25, 0.3) is 0 Å². The highest BCUT2D eigenvalue weighted by atomic mass is 28.4. The first kappa shape index (κ1) is 13.5. The third kappa shape index (κ3) is 2.92. The van der Waals surface area contributed by atoms with E-state index in [4.69, 9.17) is 9.16 Å². The van der Waals surface area contributed by atoms with Gasteiger partial charge in [0, 0.05) is 25.3 Å². The summed E-state index contributed by atoms with van der Waals surface area (Å²) < 4.78 is 12.0. The van der Waals surface area contributed by atoms with Crippen molar-refractivity contribution in [3.63, 3.8) is 0 Å². The second-order valence-corrected chi connectivity index (χ2v) is 11.8. The first-order valence-electron chi connectivity index (χ1n) is 6.81. The van der Waals surface area contributed by atoms with Crippen LogP contribution >= 0.6 is 0 Å². The molecule has 1 N–H and O–H groups in total. The van der Waals surface area contributed by atoms with Crippen LogP contribution in [0.25, 0.3) is 0 Å². The zero-order valence-electron chi connectivity index (χ0n) is 11.9. The average Bonchev–Trinajstić information content (AvgIpc) is 2.71. The van der Waals surface area contributed by atoms with Crippen LogP contribution in [0.5, 0.6) is 0 Å². The number of rotatable bonds is 3. The molecule has 0 aromatic heterocycles. The second kappa shape index (κ2) is 4.65. The van der Waals surface area contributed by atoms with Crippen molar-refractivity contribution in [2.75, 3.05) is 13.2 Å². The SMILES string of the molecule is CC(C)(C)[Si](C)(C)OC[C@@H]1C[C@@H]2OCC[C@@H]2N1. The molecule has 2 aliphatic heterocycles. The van der Waals surface area contributed by atoms with Crippen molar-refractivity contribution in [1.82, 2.24) is 5.32 Å². The molecule has 0 amide bonds. The van der Waals surface area contributed by atoms with Crippen molar-refractivity contribution < 1.29 is 9.16 Å². The quantitative estimate of drug-likeness (QED) is 0.788. The van der Waals surface area contributed by atoms with Crippen molar-refractivity contribution in [3.05, 3.63) is 0 Å². The van der Waals surface area contributed by atoms with Crippen LogP contribution < -0.4 is 5.32 Å². The topological polar surface area (TPSA) is 30.5 Å². The molecule has 2 aliphatic rings. The molecule has 100 valence electrons. The number of nitrogens with one attached hydrogen (secondary N) is 1. The van der Waals surface area contributed by atoms with E-state index in [0.29, 0.717) is 23.2 Å². The minimum absolute atomic E-state index is 0.304. The van der Waals surface area contributed by atoms with Gasteiger partial charge in [-0.2, -0.15) is 0 Å². The van der Waals surface area contributed by atoms with E-state index in [9.17, 15) is 0 Å². The monoisotopic (exact) mass is 257 g/mol. The van der Waals surface area contributed by atoms with Gasteiger partial charge in [-0.1, -0.05) is 20.8 Å². The van der Waals surface area contributed by atoms with Crippen molar-refractivity contribution >= 4 is 8.32 Å². The van der Waals surface area contributed by atoms with Crippen molar-refractivity contribution in [1.29, 1.82) is 0 Å². The highest BCUT2D eigenvalue weighted by Crippen LogP contribution is 2.37. The summed E-state index contributed by atoms with van der Waals surface area (Å²) in [7, 11) is -1.59. The van der Waals surface area contributed by atoms with Crippen LogP contribution in [0.3, 0.4) is 0 Å². The van der Waals surface area contributed by atoms with Gasteiger partial charge >= 0.3 is 0 Å². The molecule has 0 bridgehead atoms. The highest BCUT2D eigenvalue weighted by Gasteiger charge is 2.41. The first-order chi connectivity index (χ1) is 7.79. The molecule has 2 fully saturated rings. The third-order valence-electron chi connectivity index (χ3n) is 4.63. The lowest BCUT2D eigenvalue weighted by Gasteiger charge is -2.37. The van der Waals surface area contributed by atoms with Crippen molar-refractivity contribution in [3.8, 4) is 0 Å². The van der Waals surface area contributed by atoms with E-state index in [-0.39, 0.29) is 0 Å². The lowest BCUT2D eigenvalue weighted by Crippen LogP contribution is -2.44. The molecule has 0 radical (unpaired) electrons. The Bertz CT molecular complexity index is 263. The van der Waals surface area contributed by atoms with Gasteiger partial charge in [0.15, 0.2) is 8.32 Å². The van der Waals surface area contributed by atoms with Crippen molar-refractivity contribution in [2.45, 2.75) is 69.9 Å². The fourth-order valence-corrected chi connectivity index (χ4v) is 3.42. The minimum atomic E-state index is -1.59. The predicted octanol–water partition coefficient (Wildman–Crippen LogP) is 2.53. The molecular formula is C13H27NO2Si. The maximum Gasteiger partial charge on any atom is 0.192 e. The lowest BCUT2D eigenvalue weighted by atomic mass is 10.1. The summed E-state index contributed by atoms with van der Waals surface area (Å²) in [6, 6.07) is 1.09. The Hall–Kier alpha value is 0.0969. The molecule has 2 saturated heterocycles.